The third-order valence-corrected chi connectivity index (χ3v) is 4.78. The first kappa shape index (κ1) is 19.3. The number of carbonyl (C=O) groups excluding carboxylic acids is 2. The number of alkyl carbamates (subject to hydrolysis) is 1. The van der Waals surface area contributed by atoms with Crippen molar-refractivity contribution in [2.75, 3.05) is 7.05 Å². The zero-order chi connectivity index (χ0) is 17.6. The molecule has 0 aliphatic heterocycles. The SMILES string of the molecule is CCC(CC)[C@@H](NC(C)=O)[C@H]1CC[C@H](C(=O)O)[C@H]1OC(=O)NC. The van der Waals surface area contributed by atoms with E-state index < -0.39 is 24.1 Å². The third kappa shape index (κ3) is 4.84. The van der Waals surface area contributed by atoms with E-state index >= 15 is 0 Å². The van der Waals surface area contributed by atoms with Crippen LogP contribution >= 0.6 is 0 Å². The molecule has 3 N–H and O–H groups in total. The maximum atomic E-state index is 11.6. The lowest BCUT2D eigenvalue weighted by molar-refractivity contribution is -0.145. The Bertz CT molecular complexity index is 436. The van der Waals surface area contributed by atoms with Crippen molar-refractivity contribution in [1.82, 2.24) is 10.6 Å². The molecular formula is C16H28N2O5. The molecule has 0 radical (unpaired) electrons. The highest BCUT2D eigenvalue weighted by Gasteiger charge is 2.47. The van der Waals surface area contributed by atoms with E-state index in [1.165, 1.54) is 14.0 Å². The van der Waals surface area contributed by atoms with Crippen LogP contribution in [0.15, 0.2) is 0 Å². The molecule has 1 aliphatic carbocycles. The summed E-state index contributed by atoms with van der Waals surface area (Å²) in [5, 5.41) is 14.7. The molecule has 7 nitrogen and oxygen atoms in total. The Labute approximate surface area is 137 Å². The summed E-state index contributed by atoms with van der Waals surface area (Å²) in [6, 6.07) is -0.193. The number of amides is 2. The molecule has 23 heavy (non-hydrogen) atoms. The van der Waals surface area contributed by atoms with Gasteiger partial charge in [0.25, 0.3) is 0 Å². The number of hydrogen-bond acceptors (Lipinski definition) is 4. The van der Waals surface area contributed by atoms with Gasteiger partial charge in [0.2, 0.25) is 5.91 Å². The first-order valence-corrected chi connectivity index (χ1v) is 8.23. The van der Waals surface area contributed by atoms with Gasteiger partial charge in [0.1, 0.15) is 6.10 Å². The van der Waals surface area contributed by atoms with Crippen LogP contribution in [0.1, 0.15) is 46.5 Å². The van der Waals surface area contributed by atoms with Crippen LogP contribution in [0.25, 0.3) is 0 Å². The van der Waals surface area contributed by atoms with Crippen LogP contribution in [0.3, 0.4) is 0 Å². The first-order valence-electron chi connectivity index (χ1n) is 8.23. The number of nitrogens with one attached hydrogen (secondary N) is 2. The van der Waals surface area contributed by atoms with Gasteiger partial charge >= 0.3 is 12.1 Å². The summed E-state index contributed by atoms with van der Waals surface area (Å²) in [5.41, 5.74) is 0. The van der Waals surface area contributed by atoms with Gasteiger partial charge in [0, 0.05) is 25.9 Å². The highest BCUT2D eigenvalue weighted by molar-refractivity contribution is 5.74. The van der Waals surface area contributed by atoms with Crippen LogP contribution in [0.4, 0.5) is 4.79 Å². The summed E-state index contributed by atoms with van der Waals surface area (Å²) >= 11 is 0. The average Bonchev–Trinajstić information content (AvgIpc) is 2.90. The van der Waals surface area contributed by atoms with E-state index in [1.54, 1.807) is 0 Å². The summed E-state index contributed by atoms with van der Waals surface area (Å²) in [7, 11) is 1.44. The number of carbonyl (C=O) groups is 3. The molecule has 2 amide bonds. The van der Waals surface area contributed by atoms with Crippen molar-refractivity contribution in [2.45, 2.75) is 58.6 Å². The van der Waals surface area contributed by atoms with E-state index in [-0.39, 0.29) is 23.8 Å². The Morgan fingerprint density at radius 2 is 1.83 bits per heavy atom. The molecule has 0 aromatic rings. The standard InChI is InChI=1S/C16H28N2O5/c1-5-10(6-2)13(18-9(3)19)11-7-8-12(15(20)21)14(11)23-16(22)17-4/h10-14H,5-8H2,1-4H3,(H,17,22)(H,18,19)(H,20,21)/t11-,12+,13-,14+/m1/s1. The highest BCUT2D eigenvalue weighted by Crippen LogP contribution is 2.39. The lowest BCUT2D eigenvalue weighted by Gasteiger charge is -2.35. The summed E-state index contributed by atoms with van der Waals surface area (Å²) in [4.78, 5) is 34.7. The topological polar surface area (TPSA) is 105 Å². The van der Waals surface area contributed by atoms with Gasteiger partial charge in [-0.2, -0.15) is 0 Å². The van der Waals surface area contributed by atoms with Crippen molar-refractivity contribution >= 4 is 18.0 Å². The van der Waals surface area contributed by atoms with Crippen LogP contribution in [0.2, 0.25) is 0 Å². The van der Waals surface area contributed by atoms with Gasteiger partial charge < -0.3 is 20.5 Å². The molecule has 0 aromatic heterocycles. The minimum Gasteiger partial charge on any atom is -0.481 e. The fourth-order valence-electron chi connectivity index (χ4n) is 3.60. The lowest BCUT2D eigenvalue weighted by Crippen LogP contribution is -2.49. The second-order valence-electron chi connectivity index (χ2n) is 6.11. The Hall–Kier alpha value is -1.79. The summed E-state index contributed by atoms with van der Waals surface area (Å²) < 4.78 is 5.37. The Balaban J connectivity index is 3.07. The van der Waals surface area contributed by atoms with Gasteiger partial charge in [-0.25, -0.2) is 4.79 Å². The van der Waals surface area contributed by atoms with Gasteiger partial charge in [-0.1, -0.05) is 26.7 Å². The summed E-state index contributed by atoms with van der Waals surface area (Å²) in [6.45, 7) is 5.54. The van der Waals surface area contributed by atoms with Crippen LogP contribution in [0.5, 0.6) is 0 Å². The third-order valence-electron chi connectivity index (χ3n) is 4.78. The maximum absolute atomic E-state index is 11.6. The minimum absolute atomic E-state index is 0.153. The van der Waals surface area contributed by atoms with Crippen molar-refractivity contribution < 1.29 is 24.2 Å². The van der Waals surface area contributed by atoms with Crippen molar-refractivity contribution in [3.8, 4) is 0 Å². The van der Waals surface area contributed by atoms with E-state index in [4.69, 9.17) is 4.74 Å². The fraction of sp³-hybridized carbons (Fsp3) is 0.812. The zero-order valence-corrected chi connectivity index (χ0v) is 14.3. The normalized spacial score (nSPS) is 25.0. The molecule has 1 rings (SSSR count). The zero-order valence-electron chi connectivity index (χ0n) is 14.3. The van der Waals surface area contributed by atoms with Gasteiger partial charge in [0.05, 0.1) is 5.92 Å². The van der Waals surface area contributed by atoms with Crippen molar-refractivity contribution in [1.29, 1.82) is 0 Å². The van der Waals surface area contributed by atoms with Crippen molar-refractivity contribution in [2.24, 2.45) is 17.8 Å². The highest BCUT2D eigenvalue weighted by atomic mass is 16.6. The van der Waals surface area contributed by atoms with E-state index in [9.17, 15) is 19.5 Å². The number of hydrogen-bond donors (Lipinski definition) is 3. The molecule has 0 unspecified atom stereocenters. The Morgan fingerprint density at radius 1 is 1.22 bits per heavy atom. The van der Waals surface area contributed by atoms with Crippen molar-refractivity contribution in [3.05, 3.63) is 0 Å². The molecule has 1 fully saturated rings. The number of carboxylic acid groups (broad SMARTS) is 1. The number of rotatable bonds is 7. The van der Waals surface area contributed by atoms with E-state index in [2.05, 4.69) is 10.6 Å². The van der Waals surface area contributed by atoms with E-state index in [0.29, 0.717) is 12.8 Å². The molecular weight excluding hydrogens is 300 g/mol. The number of carboxylic acids is 1. The van der Waals surface area contributed by atoms with Gasteiger partial charge in [0.15, 0.2) is 0 Å². The fourth-order valence-corrected chi connectivity index (χ4v) is 3.60. The molecule has 4 atom stereocenters. The molecule has 0 aromatic carbocycles. The first-order chi connectivity index (χ1) is 10.8. The van der Waals surface area contributed by atoms with Gasteiger partial charge in [-0.3, -0.25) is 9.59 Å². The summed E-state index contributed by atoms with van der Waals surface area (Å²) in [5.74, 6) is -1.83. The molecule has 0 heterocycles. The van der Waals surface area contributed by atoms with E-state index in [1.807, 2.05) is 13.8 Å². The largest absolute Gasteiger partial charge is 0.481 e. The molecule has 1 aliphatic rings. The predicted octanol–water partition coefficient (Wildman–Crippen LogP) is 1.76. The minimum atomic E-state index is -0.965. The monoisotopic (exact) mass is 328 g/mol. The smallest absolute Gasteiger partial charge is 0.407 e. The predicted molar refractivity (Wildman–Crippen MR) is 84.9 cm³/mol. The van der Waals surface area contributed by atoms with Gasteiger partial charge in [-0.05, 0) is 18.8 Å². The van der Waals surface area contributed by atoms with Crippen molar-refractivity contribution in [3.63, 3.8) is 0 Å². The van der Waals surface area contributed by atoms with Crippen LogP contribution in [-0.2, 0) is 14.3 Å². The molecule has 0 bridgehead atoms. The Morgan fingerprint density at radius 3 is 2.26 bits per heavy atom. The average molecular weight is 328 g/mol. The molecule has 132 valence electrons. The van der Waals surface area contributed by atoms with E-state index in [0.717, 1.165) is 12.8 Å². The molecule has 1 saturated carbocycles. The number of ether oxygens (including phenoxy) is 1. The molecule has 0 spiro atoms. The van der Waals surface area contributed by atoms with Crippen LogP contribution in [0, 0.1) is 17.8 Å². The molecule has 0 saturated heterocycles. The number of aliphatic carboxylic acids is 1. The maximum Gasteiger partial charge on any atom is 0.407 e. The molecule has 7 heteroatoms. The quantitative estimate of drug-likeness (QED) is 0.660. The lowest BCUT2D eigenvalue weighted by atomic mass is 9.82. The second kappa shape index (κ2) is 8.74. The van der Waals surface area contributed by atoms with Gasteiger partial charge in [-0.15, -0.1) is 0 Å². The summed E-state index contributed by atoms with van der Waals surface area (Å²) in [6.07, 6.45) is 1.41. The Kier molecular flexibility index (Phi) is 7.32. The van der Waals surface area contributed by atoms with Crippen LogP contribution in [-0.4, -0.2) is 42.3 Å². The second-order valence-corrected chi connectivity index (χ2v) is 6.11. The van der Waals surface area contributed by atoms with Crippen LogP contribution < -0.4 is 10.6 Å².